The van der Waals surface area contributed by atoms with Gasteiger partial charge in [0.25, 0.3) is 0 Å². The number of H-pyrrole nitrogens is 1. The highest BCUT2D eigenvalue weighted by Crippen LogP contribution is 2.20. The first-order chi connectivity index (χ1) is 8.93. The quantitative estimate of drug-likeness (QED) is 0.834. The van der Waals surface area contributed by atoms with Gasteiger partial charge in [-0.05, 0) is 37.2 Å². The molecule has 1 aromatic heterocycles. The minimum atomic E-state index is 0.819. The first-order valence-corrected chi connectivity index (χ1v) is 6.35. The number of aromatic nitrogens is 3. The van der Waals surface area contributed by atoms with Crippen LogP contribution in [0.5, 0.6) is 0 Å². The Balaban J connectivity index is 1.78. The third kappa shape index (κ3) is 2.36. The number of hydrogen-bond acceptors (Lipinski definition) is 4. The van der Waals surface area contributed by atoms with Crippen molar-refractivity contribution in [2.24, 2.45) is 0 Å². The second-order valence-corrected chi connectivity index (χ2v) is 4.47. The van der Waals surface area contributed by atoms with Gasteiger partial charge in [0.05, 0.1) is 0 Å². The van der Waals surface area contributed by atoms with Crippen molar-refractivity contribution in [2.45, 2.75) is 6.42 Å². The molecule has 1 fully saturated rings. The lowest BCUT2D eigenvalue weighted by atomic mass is 10.2. The van der Waals surface area contributed by atoms with E-state index >= 15 is 0 Å². The molecule has 1 aliphatic heterocycles. The van der Waals surface area contributed by atoms with E-state index in [1.807, 2.05) is 0 Å². The zero-order valence-electron chi connectivity index (χ0n) is 10.3. The molecule has 2 heterocycles. The van der Waals surface area contributed by atoms with Gasteiger partial charge in [-0.15, -0.1) is 0 Å². The van der Waals surface area contributed by atoms with E-state index in [9.17, 15) is 0 Å². The molecule has 5 nitrogen and oxygen atoms in total. The summed E-state index contributed by atoms with van der Waals surface area (Å²) in [5.74, 6) is 0.819. The zero-order valence-corrected chi connectivity index (χ0v) is 10.3. The fourth-order valence-electron chi connectivity index (χ4n) is 2.28. The van der Waals surface area contributed by atoms with E-state index in [-0.39, 0.29) is 0 Å². The van der Waals surface area contributed by atoms with Crippen molar-refractivity contribution in [2.75, 3.05) is 31.1 Å². The van der Waals surface area contributed by atoms with Gasteiger partial charge in [0.15, 0.2) is 5.82 Å². The fraction of sp³-hybridized carbons (Fsp3) is 0.385. The number of hydrogen-bond donors (Lipinski definition) is 2. The molecule has 1 aromatic carbocycles. The van der Waals surface area contributed by atoms with Gasteiger partial charge in [-0.2, -0.15) is 5.10 Å². The Morgan fingerprint density at radius 2 is 1.94 bits per heavy atom. The Hall–Kier alpha value is -1.88. The van der Waals surface area contributed by atoms with E-state index in [1.54, 1.807) is 0 Å². The number of rotatable bonds is 2. The first-order valence-electron chi connectivity index (χ1n) is 6.35. The Bertz CT molecular complexity index is 469. The molecule has 1 aliphatic rings. The Labute approximate surface area is 106 Å². The predicted molar refractivity (Wildman–Crippen MR) is 71.5 cm³/mol. The largest absolute Gasteiger partial charge is 0.370 e. The highest BCUT2D eigenvalue weighted by molar-refractivity contribution is 5.60. The molecule has 2 aromatic rings. The number of anilines is 1. The third-order valence-electron chi connectivity index (χ3n) is 3.26. The van der Waals surface area contributed by atoms with Crippen LogP contribution < -0.4 is 10.2 Å². The minimum Gasteiger partial charge on any atom is -0.370 e. The van der Waals surface area contributed by atoms with Crippen molar-refractivity contribution in [3.8, 4) is 11.4 Å². The van der Waals surface area contributed by atoms with E-state index in [0.29, 0.717) is 0 Å². The molecule has 2 N–H and O–H groups in total. The molecule has 5 heteroatoms. The number of nitrogens with one attached hydrogen (secondary N) is 2. The maximum atomic E-state index is 4.15. The molecule has 0 spiro atoms. The maximum absolute atomic E-state index is 4.15. The van der Waals surface area contributed by atoms with Gasteiger partial charge in [0.2, 0.25) is 0 Å². The van der Waals surface area contributed by atoms with Crippen molar-refractivity contribution in [1.29, 1.82) is 0 Å². The summed E-state index contributed by atoms with van der Waals surface area (Å²) < 4.78 is 0. The Morgan fingerprint density at radius 3 is 2.72 bits per heavy atom. The van der Waals surface area contributed by atoms with Crippen LogP contribution in [0.3, 0.4) is 0 Å². The summed E-state index contributed by atoms with van der Waals surface area (Å²) in [6.45, 7) is 4.37. The Morgan fingerprint density at radius 1 is 1.06 bits per heavy atom. The molecule has 1 saturated heterocycles. The standard InChI is InChI=1S/C13H17N5/c1-6-14-7-9-18(8-1)12-4-2-11(3-5-12)13-15-10-16-17-13/h2-5,10,14H,1,6-9H2,(H,15,16,17). The van der Waals surface area contributed by atoms with Gasteiger partial charge in [0.1, 0.15) is 6.33 Å². The summed E-state index contributed by atoms with van der Waals surface area (Å²) in [7, 11) is 0. The van der Waals surface area contributed by atoms with Crippen LogP contribution in [-0.2, 0) is 0 Å². The van der Waals surface area contributed by atoms with Crippen LogP contribution in [-0.4, -0.2) is 41.4 Å². The van der Waals surface area contributed by atoms with E-state index in [4.69, 9.17) is 0 Å². The lowest BCUT2D eigenvalue weighted by Crippen LogP contribution is -2.27. The third-order valence-corrected chi connectivity index (χ3v) is 3.26. The molecule has 0 atom stereocenters. The van der Waals surface area contributed by atoms with Crippen molar-refractivity contribution in [3.05, 3.63) is 30.6 Å². The van der Waals surface area contributed by atoms with E-state index in [1.165, 1.54) is 18.4 Å². The van der Waals surface area contributed by atoms with Crippen LogP contribution in [0.4, 0.5) is 5.69 Å². The van der Waals surface area contributed by atoms with E-state index < -0.39 is 0 Å². The van der Waals surface area contributed by atoms with Crippen LogP contribution in [0, 0.1) is 0 Å². The molecule has 0 radical (unpaired) electrons. The van der Waals surface area contributed by atoms with Gasteiger partial charge in [0, 0.05) is 30.9 Å². The Kier molecular flexibility index (Phi) is 3.23. The molecular formula is C13H17N5. The van der Waals surface area contributed by atoms with Gasteiger partial charge in [-0.25, -0.2) is 4.98 Å². The first kappa shape index (κ1) is 11.2. The van der Waals surface area contributed by atoms with E-state index in [2.05, 4.69) is 49.7 Å². The normalized spacial score (nSPS) is 16.6. The van der Waals surface area contributed by atoms with Crippen molar-refractivity contribution < 1.29 is 0 Å². The molecular weight excluding hydrogens is 226 g/mol. The van der Waals surface area contributed by atoms with Crippen molar-refractivity contribution in [3.63, 3.8) is 0 Å². The van der Waals surface area contributed by atoms with Gasteiger partial charge in [-0.3, -0.25) is 5.10 Å². The van der Waals surface area contributed by atoms with Crippen LogP contribution in [0.2, 0.25) is 0 Å². The summed E-state index contributed by atoms with van der Waals surface area (Å²) in [4.78, 5) is 6.57. The molecule has 0 amide bonds. The highest BCUT2D eigenvalue weighted by atomic mass is 15.2. The monoisotopic (exact) mass is 243 g/mol. The lowest BCUT2D eigenvalue weighted by molar-refractivity contribution is 0.724. The van der Waals surface area contributed by atoms with Gasteiger partial charge < -0.3 is 10.2 Å². The molecule has 18 heavy (non-hydrogen) atoms. The summed E-state index contributed by atoms with van der Waals surface area (Å²) >= 11 is 0. The van der Waals surface area contributed by atoms with Crippen LogP contribution in [0.25, 0.3) is 11.4 Å². The average molecular weight is 243 g/mol. The number of benzene rings is 1. The fourth-order valence-corrected chi connectivity index (χ4v) is 2.28. The highest BCUT2D eigenvalue weighted by Gasteiger charge is 2.09. The van der Waals surface area contributed by atoms with Crippen molar-refractivity contribution >= 4 is 5.69 Å². The SMILES string of the molecule is c1n[nH]c(-c2ccc(N3CCCNCC3)cc2)n1. The summed E-state index contributed by atoms with van der Waals surface area (Å²) in [5, 5.41) is 10.2. The van der Waals surface area contributed by atoms with E-state index in [0.717, 1.165) is 37.6 Å². The van der Waals surface area contributed by atoms with Crippen LogP contribution >= 0.6 is 0 Å². The van der Waals surface area contributed by atoms with Gasteiger partial charge >= 0.3 is 0 Å². The zero-order chi connectivity index (χ0) is 12.2. The topological polar surface area (TPSA) is 56.8 Å². The number of nitrogens with zero attached hydrogens (tertiary/aromatic N) is 3. The minimum absolute atomic E-state index is 0.819. The van der Waals surface area contributed by atoms with Gasteiger partial charge in [-0.1, -0.05) is 0 Å². The molecule has 0 saturated carbocycles. The van der Waals surface area contributed by atoms with Crippen molar-refractivity contribution in [1.82, 2.24) is 20.5 Å². The average Bonchev–Trinajstić information content (AvgIpc) is 2.82. The molecule has 0 unspecified atom stereocenters. The van der Waals surface area contributed by atoms with Crippen LogP contribution in [0.1, 0.15) is 6.42 Å². The molecule has 0 aliphatic carbocycles. The molecule has 94 valence electrons. The molecule has 0 bridgehead atoms. The second kappa shape index (κ2) is 5.18. The summed E-state index contributed by atoms with van der Waals surface area (Å²) in [5.41, 5.74) is 2.35. The van der Waals surface area contributed by atoms with Crippen LogP contribution in [0.15, 0.2) is 30.6 Å². The number of aromatic amines is 1. The second-order valence-electron chi connectivity index (χ2n) is 4.47. The summed E-state index contributed by atoms with van der Waals surface area (Å²) in [6, 6.07) is 8.49. The lowest BCUT2D eigenvalue weighted by Gasteiger charge is -2.22. The predicted octanol–water partition coefficient (Wildman–Crippen LogP) is 1.27. The smallest absolute Gasteiger partial charge is 0.155 e. The maximum Gasteiger partial charge on any atom is 0.155 e. The summed E-state index contributed by atoms with van der Waals surface area (Å²) in [6.07, 6.45) is 2.73. The molecule has 3 rings (SSSR count).